The van der Waals surface area contributed by atoms with E-state index in [2.05, 4.69) is 49.1 Å². The van der Waals surface area contributed by atoms with E-state index in [9.17, 15) is 0 Å². The molecule has 0 bridgehead atoms. The molecule has 0 N–H and O–H groups in total. The zero-order valence-electron chi connectivity index (χ0n) is 10.2. The molecule has 1 aliphatic rings. The fourth-order valence-corrected chi connectivity index (χ4v) is 1.88. The Morgan fingerprint density at radius 2 is 2.00 bits per heavy atom. The van der Waals surface area contributed by atoms with E-state index >= 15 is 0 Å². The highest BCUT2D eigenvalue weighted by Crippen LogP contribution is 2.16. The van der Waals surface area contributed by atoms with Gasteiger partial charge in [-0.25, -0.2) is 0 Å². The van der Waals surface area contributed by atoms with Gasteiger partial charge in [-0.2, -0.15) is 0 Å². The molecule has 2 heteroatoms. The van der Waals surface area contributed by atoms with Crippen LogP contribution in [0.5, 0.6) is 0 Å². The van der Waals surface area contributed by atoms with Gasteiger partial charge < -0.3 is 4.74 Å². The highest BCUT2D eigenvalue weighted by Gasteiger charge is 2.23. The van der Waals surface area contributed by atoms with Gasteiger partial charge in [0.05, 0.1) is 12.7 Å². The minimum absolute atomic E-state index is 0.539. The molecular formula is C14H21NO. The zero-order chi connectivity index (χ0) is 11.4. The summed E-state index contributed by atoms with van der Waals surface area (Å²) >= 11 is 0. The lowest BCUT2D eigenvalue weighted by atomic mass is 10.1. The van der Waals surface area contributed by atoms with Crippen molar-refractivity contribution >= 4 is 0 Å². The first-order chi connectivity index (χ1) is 7.75. The SMILES string of the molecule is CC(C)N(CCC1CO1)Cc1ccccc1. The van der Waals surface area contributed by atoms with Crippen molar-refractivity contribution in [3.05, 3.63) is 35.9 Å². The summed E-state index contributed by atoms with van der Waals surface area (Å²) in [6.07, 6.45) is 1.71. The third kappa shape index (κ3) is 3.62. The lowest BCUT2D eigenvalue weighted by Gasteiger charge is -2.26. The molecule has 1 aliphatic heterocycles. The number of hydrogen-bond donors (Lipinski definition) is 0. The molecule has 2 nitrogen and oxygen atoms in total. The molecule has 1 aromatic rings. The van der Waals surface area contributed by atoms with Gasteiger partial charge in [0.1, 0.15) is 0 Å². The lowest BCUT2D eigenvalue weighted by molar-refractivity contribution is 0.201. The molecule has 1 aromatic carbocycles. The third-order valence-corrected chi connectivity index (χ3v) is 3.10. The Morgan fingerprint density at radius 3 is 2.56 bits per heavy atom. The fraction of sp³-hybridized carbons (Fsp3) is 0.571. The normalized spacial score (nSPS) is 19.4. The first-order valence-electron chi connectivity index (χ1n) is 6.15. The Kier molecular flexibility index (Phi) is 3.97. The van der Waals surface area contributed by atoms with Crippen molar-refractivity contribution < 1.29 is 4.74 Å². The number of rotatable bonds is 6. The molecule has 0 saturated carbocycles. The van der Waals surface area contributed by atoms with Gasteiger partial charge in [-0.1, -0.05) is 30.3 Å². The standard InChI is InChI=1S/C14H21NO/c1-12(2)15(9-8-14-11-16-14)10-13-6-4-3-5-7-13/h3-7,12,14H,8-11H2,1-2H3. The van der Waals surface area contributed by atoms with E-state index < -0.39 is 0 Å². The van der Waals surface area contributed by atoms with Crippen LogP contribution >= 0.6 is 0 Å². The second-order valence-corrected chi connectivity index (χ2v) is 4.79. The predicted molar refractivity (Wildman–Crippen MR) is 66.3 cm³/mol. The van der Waals surface area contributed by atoms with E-state index in [4.69, 9.17) is 4.74 Å². The van der Waals surface area contributed by atoms with E-state index in [-0.39, 0.29) is 0 Å². The molecular weight excluding hydrogens is 198 g/mol. The molecule has 1 saturated heterocycles. The van der Waals surface area contributed by atoms with Gasteiger partial charge in [0.25, 0.3) is 0 Å². The average Bonchev–Trinajstić information content (AvgIpc) is 3.09. The summed E-state index contributed by atoms with van der Waals surface area (Å²) in [5.41, 5.74) is 1.40. The van der Waals surface area contributed by atoms with Crippen LogP contribution in [0.2, 0.25) is 0 Å². The van der Waals surface area contributed by atoms with Crippen LogP contribution in [0.4, 0.5) is 0 Å². The van der Waals surface area contributed by atoms with Crippen LogP contribution in [-0.2, 0) is 11.3 Å². The van der Waals surface area contributed by atoms with Gasteiger partial charge >= 0.3 is 0 Å². The topological polar surface area (TPSA) is 15.8 Å². The number of epoxide rings is 1. The highest BCUT2D eigenvalue weighted by atomic mass is 16.6. The van der Waals surface area contributed by atoms with Crippen LogP contribution in [0.15, 0.2) is 30.3 Å². The Bertz CT molecular complexity index is 306. The fourth-order valence-electron chi connectivity index (χ4n) is 1.88. The van der Waals surface area contributed by atoms with Gasteiger partial charge in [-0.05, 0) is 25.8 Å². The smallest absolute Gasteiger partial charge is 0.0822 e. The maximum atomic E-state index is 5.26. The minimum atomic E-state index is 0.539. The summed E-state index contributed by atoms with van der Waals surface area (Å²) in [6.45, 7) is 7.67. The van der Waals surface area contributed by atoms with E-state index in [1.165, 1.54) is 12.0 Å². The van der Waals surface area contributed by atoms with Crippen molar-refractivity contribution in [2.45, 2.75) is 39.0 Å². The number of ether oxygens (including phenoxy) is 1. The summed E-state index contributed by atoms with van der Waals surface area (Å²) in [5, 5.41) is 0. The van der Waals surface area contributed by atoms with Crippen LogP contribution in [0.1, 0.15) is 25.8 Å². The first-order valence-corrected chi connectivity index (χ1v) is 6.15. The molecule has 0 aliphatic carbocycles. The molecule has 0 radical (unpaired) electrons. The van der Waals surface area contributed by atoms with Crippen molar-refractivity contribution in [3.8, 4) is 0 Å². The summed E-state index contributed by atoms with van der Waals surface area (Å²) in [5.74, 6) is 0. The minimum Gasteiger partial charge on any atom is -0.373 e. The molecule has 0 amide bonds. The number of nitrogens with zero attached hydrogens (tertiary/aromatic N) is 1. The molecule has 88 valence electrons. The predicted octanol–water partition coefficient (Wildman–Crippen LogP) is 2.69. The summed E-state index contributed by atoms with van der Waals surface area (Å²) in [6, 6.07) is 11.3. The van der Waals surface area contributed by atoms with Crippen molar-refractivity contribution in [3.63, 3.8) is 0 Å². The second kappa shape index (κ2) is 5.46. The van der Waals surface area contributed by atoms with E-state index in [0.717, 1.165) is 19.7 Å². The van der Waals surface area contributed by atoms with Gasteiger partial charge in [-0.3, -0.25) is 4.90 Å². The Hall–Kier alpha value is -0.860. The molecule has 0 aromatic heterocycles. The molecule has 1 unspecified atom stereocenters. The van der Waals surface area contributed by atoms with Crippen LogP contribution in [-0.4, -0.2) is 30.2 Å². The lowest BCUT2D eigenvalue weighted by Crippen LogP contribution is -2.31. The average molecular weight is 219 g/mol. The van der Waals surface area contributed by atoms with Crippen LogP contribution in [0, 0.1) is 0 Å². The summed E-state index contributed by atoms with van der Waals surface area (Å²) in [7, 11) is 0. The number of benzene rings is 1. The van der Waals surface area contributed by atoms with Crippen LogP contribution in [0.25, 0.3) is 0 Å². The monoisotopic (exact) mass is 219 g/mol. The van der Waals surface area contributed by atoms with Gasteiger partial charge in [0, 0.05) is 19.1 Å². The van der Waals surface area contributed by atoms with Gasteiger partial charge in [0.15, 0.2) is 0 Å². The van der Waals surface area contributed by atoms with Crippen LogP contribution in [0.3, 0.4) is 0 Å². The van der Waals surface area contributed by atoms with Gasteiger partial charge in [-0.15, -0.1) is 0 Å². The van der Waals surface area contributed by atoms with E-state index in [0.29, 0.717) is 12.1 Å². The van der Waals surface area contributed by atoms with Crippen molar-refractivity contribution in [2.24, 2.45) is 0 Å². The number of hydrogen-bond acceptors (Lipinski definition) is 2. The molecule has 1 fully saturated rings. The van der Waals surface area contributed by atoms with Crippen LogP contribution < -0.4 is 0 Å². The van der Waals surface area contributed by atoms with Crippen molar-refractivity contribution in [1.82, 2.24) is 4.90 Å². The van der Waals surface area contributed by atoms with E-state index in [1.54, 1.807) is 0 Å². The largest absolute Gasteiger partial charge is 0.373 e. The molecule has 1 heterocycles. The van der Waals surface area contributed by atoms with Crippen molar-refractivity contribution in [2.75, 3.05) is 13.2 Å². The van der Waals surface area contributed by atoms with Gasteiger partial charge in [0.2, 0.25) is 0 Å². The maximum absolute atomic E-state index is 5.26. The Labute approximate surface area is 98.2 Å². The summed E-state index contributed by atoms with van der Waals surface area (Å²) in [4.78, 5) is 2.51. The highest BCUT2D eigenvalue weighted by molar-refractivity contribution is 5.14. The molecule has 1 atom stereocenters. The quantitative estimate of drug-likeness (QED) is 0.684. The maximum Gasteiger partial charge on any atom is 0.0822 e. The Balaban J connectivity index is 1.86. The van der Waals surface area contributed by atoms with E-state index in [1.807, 2.05) is 0 Å². The molecule has 2 rings (SSSR count). The molecule has 16 heavy (non-hydrogen) atoms. The Morgan fingerprint density at radius 1 is 1.31 bits per heavy atom. The molecule has 0 spiro atoms. The van der Waals surface area contributed by atoms with Crippen molar-refractivity contribution in [1.29, 1.82) is 0 Å². The second-order valence-electron chi connectivity index (χ2n) is 4.79. The zero-order valence-corrected chi connectivity index (χ0v) is 10.2. The third-order valence-electron chi connectivity index (χ3n) is 3.10. The summed E-state index contributed by atoms with van der Waals surface area (Å²) < 4.78 is 5.26. The first kappa shape index (κ1) is 11.6.